The summed E-state index contributed by atoms with van der Waals surface area (Å²) in [5.74, 6) is 0.0990. The SMILES string of the molecule is CCC(=O)NC1CCN(C(=O)c2cn[nH]c2C)CC1. The number of nitrogens with zero attached hydrogens (tertiary/aromatic N) is 2. The number of aryl methyl sites for hydroxylation is 1. The van der Waals surface area contributed by atoms with Gasteiger partial charge in [0.15, 0.2) is 0 Å². The smallest absolute Gasteiger partial charge is 0.257 e. The predicted molar refractivity (Wildman–Crippen MR) is 70.7 cm³/mol. The number of rotatable bonds is 3. The maximum Gasteiger partial charge on any atom is 0.257 e. The zero-order valence-corrected chi connectivity index (χ0v) is 11.4. The van der Waals surface area contributed by atoms with Crippen molar-refractivity contribution < 1.29 is 9.59 Å². The van der Waals surface area contributed by atoms with Gasteiger partial charge in [0.2, 0.25) is 5.91 Å². The minimum atomic E-state index is 0.0199. The number of H-pyrrole nitrogens is 1. The molecule has 6 nitrogen and oxygen atoms in total. The maximum absolute atomic E-state index is 12.2. The summed E-state index contributed by atoms with van der Waals surface area (Å²) in [6.07, 6.45) is 3.71. The first kappa shape index (κ1) is 13.6. The van der Waals surface area contributed by atoms with Gasteiger partial charge >= 0.3 is 0 Å². The molecule has 1 aromatic heterocycles. The van der Waals surface area contributed by atoms with Crippen molar-refractivity contribution in [2.45, 2.75) is 39.2 Å². The highest BCUT2D eigenvalue weighted by Gasteiger charge is 2.25. The summed E-state index contributed by atoms with van der Waals surface area (Å²) in [6, 6.07) is 0.196. The van der Waals surface area contributed by atoms with E-state index in [2.05, 4.69) is 15.5 Å². The molecule has 1 aliphatic heterocycles. The number of aromatic nitrogens is 2. The second-order valence-corrected chi connectivity index (χ2v) is 4.90. The van der Waals surface area contributed by atoms with Crippen LogP contribution < -0.4 is 5.32 Å². The maximum atomic E-state index is 12.2. The average Bonchev–Trinajstić information content (AvgIpc) is 2.85. The first-order valence-electron chi connectivity index (χ1n) is 6.70. The Morgan fingerprint density at radius 3 is 2.68 bits per heavy atom. The van der Waals surface area contributed by atoms with E-state index in [9.17, 15) is 9.59 Å². The van der Waals surface area contributed by atoms with E-state index in [1.54, 1.807) is 6.20 Å². The summed E-state index contributed by atoms with van der Waals surface area (Å²) in [7, 11) is 0. The molecule has 19 heavy (non-hydrogen) atoms. The van der Waals surface area contributed by atoms with Crippen LogP contribution >= 0.6 is 0 Å². The topological polar surface area (TPSA) is 78.1 Å². The Balaban J connectivity index is 1.88. The molecule has 1 aromatic rings. The minimum absolute atomic E-state index is 0.0199. The third-order valence-corrected chi connectivity index (χ3v) is 3.53. The fourth-order valence-electron chi connectivity index (χ4n) is 2.29. The van der Waals surface area contributed by atoms with E-state index >= 15 is 0 Å². The number of carbonyl (C=O) groups is 2. The molecule has 6 heteroatoms. The van der Waals surface area contributed by atoms with Gasteiger partial charge in [-0.1, -0.05) is 6.92 Å². The fraction of sp³-hybridized carbons (Fsp3) is 0.615. The van der Waals surface area contributed by atoms with Crippen LogP contribution in [0.3, 0.4) is 0 Å². The number of hydrogen-bond acceptors (Lipinski definition) is 3. The Morgan fingerprint density at radius 1 is 1.47 bits per heavy atom. The van der Waals surface area contributed by atoms with E-state index in [1.807, 2.05) is 18.7 Å². The van der Waals surface area contributed by atoms with E-state index in [1.165, 1.54) is 0 Å². The molecule has 104 valence electrons. The summed E-state index contributed by atoms with van der Waals surface area (Å²) in [5.41, 5.74) is 1.43. The van der Waals surface area contributed by atoms with E-state index in [4.69, 9.17) is 0 Å². The van der Waals surface area contributed by atoms with Crippen molar-refractivity contribution in [3.63, 3.8) is 0 Å². The molecular weight excluding hydrogens is 244 g/mol. The van der Waals surface area contributed by atoms with Crippen molar-refractivity contribution in [2.24, 2.45) is 0 Å². The third kappa shape index (κ3) is 3.13. The van der Waals surface area contributed by atoms with Gasteiger partial charge in [-0.2, -0.15) is 5.10 Å². The number of hydrogen-bond donors (Lipinski definition) is 2. The summed E-state index contributed by atoms with van der Waals surface area (Å²) < 4.78 is 0. The summed E-state index contributed by atoms with van der Waals surface area (Å²) in [6.45, 7) is 5.04. The largest absolute Gasteiger partial charge is 0.353 e. The normalized spacial score (nSPS) is 16.4. The molecule has 2 N–H and O–H groups in total. The number of piperidine rings is 1. The molecule has 0 saturated carbocycles. The first-order valence-corrected chi connectivity index (χ1v) is 6.70. The van der Waals surface area contributed by atoms with Crippen LogP contribution in [-0.4, -0.2) is 46.0 Å². The van der Waals surface area contributed by atoms with Crippen molar-refractivity contribution in [1.29, 1.82) is 0 Å². The molecule has 0 aliphatic carbocycles. The molecule has 0 atom stereocenters. The van der Waals surface area contributed by atoms with E-state index in [0.717, 1.165) is 18.5 Å². The highest BCUT2D eigenvalue weighted by molar-refractivity contribution is 5.95. The fourth-order valence-corrected chi connectivity index (χ4v) is 2.29. The Bertz CT molecular complexity index is 461. The summed E-state index contributed by atoms with van der Waals surface area (Å²) >= 11 is 0. The van der Waals surface area contributed by atoms with Gasteiger partial charge in [-0.3, -0.25) is 14.7 Å². The van der Waals surface area contributed by atoms with Gasteiger partial charge in [-0.15, -0.1) is 0 Å². The Morgan fingerprint density at radius 2 is 2.16 bits per heavy atom. The van der Waals surface area contributed by atoms with Crippen molar-refractivity contribution in [1.82, 2.24) is 20.4 Å². The van der Waals surface area contributed by atoms with Crippen molar-refractivity contribution in [2.75, 3.05) is 13.1 Å². The second-order valence-electron chi connectivity index (χ2n) is 4.90. The van der Waals surface area contributed by atoms with E-state index in [0.29, 0.717) is 25.1 Å². The van der Waals surface area contributed by atoms with Crippen LogP contribution in [0.5, 0.6) is 0 Å². The average molecular weight is 264 g/mol. The lowest BCUT2D eigenvalue weighted by Crippen LogP contribution is -2.46. The standard InChI is InChI=1S/C13H20N4O2/c1-3-12(18)15-10-4-6-17(7-5-10)13(19)11-8-14-16-9(11)2/h8,10H,3-7H2,1-2H3,(H,14,16)(H,15,18). The molecule has 0 radical (unpaired) electrons. The summed E-state index contributed by atoms with van der Waals surface area (Å²) in [5, 5.41) is 9.63. The zero-order valence-electron chi connectivity index (χ0n) is 11.4. The molecule has 1 aliphatic rings. The monoisotopic (exact) mass is 264 g/mol. The number of amides is 2. The highest BCUT2D eigenvalue weighted by atomic mass is 16.2. The van der Waals surface area contributed by atoms with Gasteiger partial charge in [0, 0.05) is 31.2 Å². The molecular formula is C13H20N4O2. The van der Waals surface area contributed by atoms with Gasteiger partial charge < -0.3 is 10.2 Å². The van der Waals surface area contributed by atoms with Crippen LogP contribution in [0.25, 0.3) is 0 Å². The van der Waals surface area contributed by atoms with E-state index < -0.39 is 0 Å². The molecule has 0 aromatic carbocycles. The molecule has 0 bridgehead atoms. The first-order chi connectivity index (χ1) is 9.11. The lowest BCUT2D eigenvalue weighted by molar-refractivity contribution is -0.121. The van der Waals surface area contributed by atoms with Crippen LogP contribution in [-0.2, 0) is 4.79 Å². The Labute approximate surface area is 112 Å². The van der Waals surface area contributed by atoms with E-state index in [-0.39, 0.29) is 17.9 Å². The van der Waals surface area contributed by atoms with Crippen LogP contribution in [0, 0.1) is 6.92 Å². The van der Waals surface area contributed by atoms with Gasteiger partial charge in [0.05, 0.1) is 11.8 Å². The lowest BCUT2D eigenvalue weighted by Gasteiger charge is -2.32. The van der Waals surface area contributed by atoms with Crippen molar-refractivity contribution >= 4 is 11.8 Å². The number of carbonyl (C=O) groups excluding carboxylic acids is 2. The molecule has 0 spiro atoms. The highest BCUT2D eigenvalue weighted by Crippen LogP contribution is 2.15. The Kier molecular flexibility index (Phi) is 4.19. The lowest BCUT2D eigenvalue weighted by atomic mass is 10.0. The molecule has 0 unspecified atom stereocenters. The molecule has 2 heterocycles. The number of nitrogens with one attached hydrogen (secondary N) is 2. The van der Waals surface area contributed by atoms with Gasteiger partial charge in [-0.25, -0.2) is 0 Å². The third-order valence-electron chi connectivity index (χ3n) is 3.53. The van der Waals surface area contributed by atoms with Crippen LogP contribution in [0.2, 0.25) is 0 Å². The number of likely N-dealkylation sites (tertiary alicyclic amines) is 1. The molecule has 1 fully saturated rings. The number of aromatic amines is 1. The Hall–Kier alpha value is -1.85. The zero-order chi connectivity index (χ0) is 13.8. The van der Waals surface area contributed by atoms with Crippen LogP contribution in [0.4, 0.5) is 0 Å². The molecule has 1 saturated heterocycles. The quantitative estimate of drug-likeness (QED) is 0.849. The van der Waals surface area contributed by atoms with Crippen molar-refractivity contribution in [3.05, 3.63) is 17.5 Å². The van der Waals surface area contributed by atoms with Crippen LogP contribution in [0.1, 0.15) is 42.2 Å². The predicted octanol–water partition coefficient (Wildman–Crippen LogP) is 0.849. The van der Waals surface area contributed by atoms with Crippen molar-refractivity contribution in [3.8, 4) is 0 Å². The second kappa shape index (κ2) is 5.86. The van der Waals surface area contributed by atoms with Crippen LogP contribution in [0.15, 0.2) is 6.20 Å². The van der Waals surface area contributed by atoms with Gasteiger partial charge in [-0.05, 0) is 19.8 Å². The minimum Gasteiger partial charge on any atom is -0.353 e. The van der Waals surface area contributed by atoms with Gasteiger partial charge in [0.1, 0.15) is 0 Å². The summed E-state index contributed by atoms with van der Waals surface area (Å²) in [4.78, 5) is 25.4. The molecule has 2 rings (SSSR count). The van der Waals surface area contributed by atoms with Gasteiger partial charge in [0.25, 0.3) is 5.91 Å². The molecule has 2 amide bonds.